The minimum absolute atomic E-state index is 0.246. The first-order valence-electron chi connectivity index (χ1n) is 13.5. The molecule has 4 aromatic carbocycles. The second kappa shape index (κ2) is 9.96. The van der Waals surface area contributed by atoms with Crippen molar-refractivity contribution in [2.75, 3.05) is 17.3 Å². The van der Waals surface area contributed by atoms with Crippen LogP contribution in [0.1, 0.15) is 31.8 Å². The highest BCUT2D eigenvalue weighted by Gasteiger charge is 2.70. The number of nitrogens with one attached hydrogen (secondary N) is 1. The van der Waals surface area contributed by atoms with E-state index >= 15 is 0 Å². The van der Waals surface area contributed by atoms with Gasteiger partial charge in [0.2, 0.25) is 5.91 Å². The third kappa shape index (κ3) is 3.80. The summed E-state index contributed by atoms with van der Waals surface area (Å²) in [6, 6.07) is 25.2. The van der Waals surface area contributed by atoms with Gasteiger partial charge < -0.3 is 15.0 Å². The van der Waals surface area contributed by atoms with Crippen molar-refractivity contribution in [1.29, 1.82) is 0 Å². The zero-order chi connectivity index (χ0) is 29.2. The number of amides is 1. The summed E-state index contributed by atoms with van der Waals surface area (Å²) in [5, 5.41) is 3.60. The van der Waals surface area contributed by atoms with Crippen molar-refractivity contribution < 1.29 is 19.1 Å². The van der Waals surface area contributed by atoms with Gasteiger partial charge in [0, 0.05) is 32.0 Å². The Hall–Kier alpha value is -4.20. The molecule has 8 heteroatoms. The third-order valence-corrected chi connectivity index (χ3v) is 9.41. The standard InChI is InChI=1S/C34H24BrClN2O4/c1-42-24-14-8-19(9-15-24)31(39)29-30(32(40)20-6-11-22(35)12-7-20)38-27-16-13-23(36)18-21(27)10-17-28(38)34(29)25-4-2-3-5-26(25)37-33(34)41/h2-18,28-30H,1H3,(H,37,41)/t28-,29-,30+,34+/m1/s1. The smallest absolute Gasteiger partial charge is 0.238 e. The predicted molar refractivity (Wildman–Crippen MR) is 167 cm³/mol. The van der Waals surface area contributed by atoms with Crippen molar-refractivity contribution in [3.05, 3.63) is 129 Å². The molecule has 0 unspecified atom stereocenters. The number of fused-ring (bicyclic) bond motifs is 6. The largest absolute Gasteiger partial charge is 0.497 e. The van der Waals surface area contributed by atoms with Crippen molar-refractivity contribution in [1.82, 2.24) is 0 Å². The Morgan fingerprint density at radius 1 is 0.929 bits per heavy atom. The van der Waals surface area contributed by atoms with E-state index in [0.717, 1.165) is 15.7 Å². The van der Waals surface area contributed by atoms with Gasteiger partial charge in [-0.1, -0.05) is 70.0 Å². The fourth-order valence-electron chi connectivity index (χ4n) is 6.87. The topological polar surface area (TPSA) is 75.7 Å². The molecular weight excluding hydrogens is 616 g/mol. The van der Waals surface area contributed by atoms with Gasteiger partial charge in [-0.2, -0.15) is 0 Å². The fraction of sp³-hybridized carbons (Fsp3) is 0.147. The van der Waals surface area contributed by atoms with E-state index in [-0.39, 0.29) is 17.5 Å². The molecule has 1 spiro atoms. The Labute approximate surface area is 256 Å². The van der Waals surface area contributed by atoms with E-state index in [1.165, 1.54) is 0 Å². The molecule has 3 heterocycles. The van der Waals surface area contributed by atoms with Crippen molar-refractivity contribution in [3.63, 3.8) is 0 Å². The van der Waals surface area contributed by atoms with Gasteiger partial charge in [0.1, 0.15) is 17.2 Å². The summed E-state index contributed by atoms with van der Waals surface area (Å²) in [6.07, 6.45) is 3.86. The third-order valence-electron chi connectivity index (χ3n) is 8.65. The van der Waals surface area contributed by atoms with E-state index < -0.39 is 23.4 Å². The first-order chi connectivity index (χ1) is 20.3. The van der Waals surface area contributed by atoms with E-state index in [9.17, 15) is 14.4 Å². The van der Waals surface area contributed by atoms with Crippen LogP contribution in [0.15, 0.2) is 102 Å². The first-order valence-corrected chi connectivity index (χ1v) is 14.7. The summed E-state index contributed by atoms with van der Waals surface area (Å²) in [6.45, 7) is 0. The van der Waals surface area contributed by atoms with E-state index in [2.05, 4.69) is 21.2 Å². The number of methoxy groups -OCH3 is 1. The molecule has 0 bridgehead atoms. The Bertz CT molecular complexity index is 1800. The summed E-state index contributed by atoms with van der Waals surface area (Å²) in [5.41, 5.74) is 2.36. The van der Waals surface area contributed by atoms with Crippen LogP contribution in [0, 0.1) is 5.92 Å². The number of hydrogen-bond acceptors (Lipinski definition) is 5. The monoisotopic (exact) mass is 638 g/mol. The summed E-state index contributed by atoms with van der Waals surface area (Å²) >= 11 is 9.82. The number of para-hydroxylation sites is 1. The summed E-state index contributed by atoms with van der Waals surface area (Å²) in [7, 11) is 1.56. The van der Waals surface area contributed by atoms with Crippen LogP contribution in [0.3, 0.4) is 0 Å². The lowest BCUT2D eigenvalue weighted by Gasteiger charge is -2.37. The molecule has 1 amide bonds. The van der Waals surface area contributed by atoms with Crippen molar-refractivity contribution in [3.8, 4) is 5.75 Å². The number of anilines is 2. The first kappa shape index (κ1) is 26.7. The highest BCUT2D eigenvalue weighted by molar-refractivity contribution is 9.10. The van der Waals surface area contributed by atoms with Crippen LogP contribution >= 0.6 is 27.5 Å². The number of carbonyl (C=O) groups excluding carboxylic acids is 3. The normalized spacial score (nSPS) is 23.3. The molecular formula is C34H24BrClN2O4. The molecule has 1 N–H and O–H groups in total. The molecule has 0 saturated carbocycles. The van der Waals surface area contributed by atoms with Crippen LogP contribution in [0.25, 0.3) is 6.08 Å². The fourth-order valence-corrected chi connectivity index (χ4v) is 7.31. The zero-order valence-corrected chi connectivity index (χ0v) is 24.7. The average Bonchev–Trinajstić information content (AvgIpc) is 3.49. The molecule has 0 aliphatic carbocycles. The molecule has 4 aromatic rings. The highest BCUT2D eigenvalue weighted by Crippen LogP contribution is 2.58. The van der Waals surface area contributed by atoms with Crippen LogP contribution in [0.4, 0.5) is 11.4 Å². The van der Waals surface area contributed by atoms with Gasteiger partial charge in [-0.05, 0) is 71.8 Å². The molecule has 3 aliphatic heterocycles. The highest BCUT2D eigenvalue weighted by atomic mass is 79.9. The van der Waals surface area contributed by atoms with Gasteiger partial charge in [-0.25, -0.2) is 0 Å². The minimum Gasteiger partial charge on any atom is -0.497 e. The lowest BCUT2D eigenvalue weighted by atomic mass is 9.64. The lowest BCUT2D eigenvalue weighted by molar-refractivity contribution is -0.121. The van der Waals surface area contributed by atoms with Gasteiger partial charge in [0.15, 0.2) is 11.6 Å². The predicted octanol–water partition coefficient (Wildman–Crippen LogP) is 6.97. The molecule has 4 atom stereocenters. The van der Waals surface area contributed by atoms with Crippen LogP contribution < -0.4 is 15.0 Å². The van der Waals surface area contributed by atoms with Crippen LogP contribution in [-0.4, -0.2) is 36.7 Å². The molecule has 0 radical (unpaired) electrons. The number of nitrogens with zero attached hydrogens (tertiary/aromatic N) is 1. The lowest BCUT2D eigenvalue weighted by Crippen LogP contribution is -2.51. The summed E-state index contributed by atoms with van der Waals surface area (Å²) in [4.78, 5) is 45.9. The van der Waals surface area contributed by atoms with E-state index in [1.54, 1.807) is 61.7 Å². The van der Waals surface area contributed by atoms with Gasteiger partial charge in [0.05, 0.1) is 19.1 Å². The quantitative estimate of drug-likeness (QED) is 0.239. The molecule has 3 aliphatic rings. The van der Waals surface area contributed by atoms with Gasteiger partial charge >= 0.3 is 0 Å². The number of carbonyl (C=O) groups is 3. The Morgan fingerprint density at radius 2 is 1.62 bits per heavy atom. The van der Waals surface area contributed by atoms with Gasteiger partial charge in [-0.15, -0.1) is 0 Å². The second-order valence-corrected chi connectivity index (χ2v) is 12.0. The number of benzene rings is 4. The number of halogens is 2. The molecule has 1 fully saturated rings. The second-order valence-electron chi connectivity index (χ2n) is 10.7. The maximum absolute atomic E-state index is 14.8. The minimum atomic E-state index is -1.38. The molecule has 208 valence electrons. The Kier molecular flexibility index (Phi) is 6.33. The number of ketones is 2. The van der Waals surface area contributed by atoms with Crippen molar-refractivity contribution in [2.45, 2.75) is 17.5 Å². The maximum atomic E-state index is 14.8. The van der Waals surface area contributed by atoms with Crippen LogP contribution in [-0.2, 0) is 10.2 Å². The van der Waals surface area contributed by atoms with Gasteiger partial charge in [-0.3, -0.25) is 14.4 Å². The number of Topliss-reactive ketones (excluding diaryl/α,β-unsaturated/α-hetero) is 2. The summed E-state index contributed by atoms with van der Waals surface area (Å²) in [5.74, 6) is -1.30. The van der Waals surface area contributed by atoms with Crippen LogP contribution in [0.2, 0.25) is 5.02 Å². The van der Waals surface area contributed by atoms with Crippen molar-refractivity contribution in [2.24, 2.45) is 5.92 Å². The number of rotatable bonds is 5. The van der Waals surface area contributed by atoms with E-state index in [0.29, 0.717) is 33.1 Å². The molecule has 1 saturated heterocycles. The van der Waals surface area contributed by atoms with Crippen LogP contribution in [0.5, 0.6) is 5.75 Å². The molecule has 42 heavy (non-hydrogen) atoms. The number of hydrogen-bond donors (Lipinski definition) is 1. The van der Waals surface area contributed by atoms with Crippen molar-refractivity contribution >= 4 is 62.5 Å². The van der Waals surface area contributed by atoms with E-state index in [4.69, 9.17) is 16.3 Å². The zero-order valence-electron chi connectivity index (χ0n) is 22.4. The van der Waals surface area contributed by atoms with E-state index in [1.807, 2.05) is 53.5 Å². The Morgan fingerprint density at radius 3 is 2.36 bits per heavy atom. The number of ether oxygens (including phenoxy) is 1. The average molecular weight is 640 g/mol. The molecule has 7 rings (SSSR count). The SMILES string of the molecule is COc1ccc(C(=O)[C@H]2[C@@H](C(=O)c3ccc(Br)cc3)N3c4ccc(Cl)cc4C=C[C@@H]3[C@]23C(=O)Nc2ccccc23)cc1. The molecule has 0 aromatic heterocycles. The summed E-state index contributed by atoms with van der Waals surface area (Å²) < 4.78 is 6.15. The van der Waals surface area contributed by atoms with Gasteiger partial charge in [0.25, 0.3) is 0 Å². The maximum Gasteiger partial charge on any atom is 0.238 e. The Balaban J connectivity index is 1.52. The molecule has 6 nitrogen and oxygen atoms in total.